The molecule has 1 aromatic carbocycles. The smallest absolute Gasteiger partial charge is 0.0820 e. The fourth-order valence-electron chi connectivity index (χ4n) is 0.812. The van der Waals surface area contributed by atoms with Gasteiger partial charge in [-0.05, 0) is 12.1 Å². The molecule has 0 amide bonds. The number of anilines is 1. The summed E-state index contributed by atoms with van der Waals surface area (Å²) >= 11 is 0. The molecule has 1 aromatic rings. The Morgan fingerprint density at radius 2 is 2.08 bits per heavy atom. The molecule has 0 atom stereocenters. The molecule has 12 heavy (non-hydrogen) atoms. The molecule has 3 heteroatoms. The van der Waals surface area contributed by atoms with Crippen LogP contribution in [0.3, 0.4) is 0 Å². The molecule has 0 aliphatic heterocycles. The molecule has 0 aromatic heterocycles. The minimum atomic E-state index is 0.533. The highest BCUT2D eigenvalue weighted by Crippen LogP contribution is 2.07. The lowest BCUT2D eigenvalue weighted by Gasteiger charge is -2.16. The van der Waals surface area contributed by atoms with E-state index in [4.69, 9.17) is 0 Å². The molecule has 0 aliphatic rings. The molecule has 0 unspecified atom stereocenters. The fourth-order valence-corrected chi connectivity index (χ4v) is 0.812. The Labute approximate surface area is 71.9 Å². The van der Waals surface area contributed by atoms with E-state index >= 15 is 0 Å². The highest BCUT2D eigenvalue weighted by Gasteiger charge is 1.97. The minimum absolute atomic E-state index is 0.533. The van der Waals surface area contributed by atoms with Crippen LogP contribution < -0.4 is 10.6 Å². The van der Waals surface area contributed by atoms with Gasteiger partial charge in [-0.25, -0.2) is 5.43 Å². The molecule has 0 fully saturated rings. The molecule has 1 rings (SSSR count). The van der Waals surface area contributed by atoms with Crippen LogP contribution >= 0.6 is 0 Å². The van der Waals surface area contributed by atoms with E-state index < -0.39 is 0 Å². The number of hydrogen-bond acceptors (Lipinski definition) is 3. The Hall–Kier alpha value is -1.32. The van der Waals surface area contributed by atoms with Gasteiger partial charge in [0.25, 0.3) is 0 Å². The molecular weight excluding hydrogens is 152 g/mol. The second-order valence-corrected chi connectivity index (χ2v) is 2.30. The summed E-state index contributed by atoms with van der Waals surface area (Å²) < 4.78 is 0. The lowest BCUT2D eigenvalue weighted by Crippen LogP contribution is -2.34. The van der Waals surface area contributed by atoms with Gasteiger partial charge in [0, 0.05) is 6.54 Å². The number of nitrogens with one attached hydrogen (secondary N) is 1. The summed E-state index contributed by atoms with van der Waals surface area (Å²) in [5, 5.41) is 10.3. The maximum absolute atomic E-state index is 9.33. The Morgan fingerprint density at radius 1 is 1.42 bits per heavy atom. The van der Waals surface area contributed by atoms with Crippen molar-refractivity contribution in [2.24, 2.45) is 0 Å². The van der Waals surface area contributed by atoms with Crippen molar-refractivity contribution in [1.82, 2.24) is 5.43 Å². The van der Waals surface area contributed by atoms with E-state index in [9.17, 15) is 5.21 Å². The van der Waals surface area contributed by atoms with Crippen LogP contribution in [0.15, 0.2) is 43.0 Å². The number of para-hydroxylation sites is 1. The van der Waals surface area contributed by atoms with Gasteiger partial charge in [0.2, 0.25) is 0 Å². The van der Waals surface area contributed by atoms with Gasteiger partial charge in [-0.2, -0.15) is 5.17 Å². The average Bonchev–Trinajstić information content (AvgIpc) is 2.15. The third kappa shape index (κ3) is 2.38. The maximum atomic E-state index is 9.33. The number of nitrogens with zero attached hydrogens (tertiary/aromatic N) is 1. The van der Waals surface area contributed by atoms with Crippen molar-refractivity contribution in [3.63, 3.8) is 0 Å². The van der Waals surface area contributed by atoms with Crippen molar-refractivity contribution >= 4 is 5.69 Å². The van der Waals surface area contributed by atoms with E-state index in [1.165, 1.54) is 0 Å². The Balaban J connectivity index is 2.53. The summed E-state index contributed by atoms with van der Waals surface area (Å²) in [4.78, 5) is 0. The van der Waals surface area contributed by atoms with E-state index in [-0.39, 0.29) is 0 Å². The van der Waals surface area contributed by atoms with Crippen LogP contribution in [-0.2, 0) is 0 Å². The molecule has 0 saturated heterocycles. The van der Waals surface area contributed by atoms with Crippen molar-refractivity contribution in [1.29, 1.82) is 0 Å². The summed E-state index contributed by atoms with van der Waals surface area (Å²) in [6, 6.07) is 9.21. The van der Waals surface area contributed by atoms with Gasteiger partial charge in [0.05, 0.1) is 5.69 Å². The van der Waals surface area contributed by atoms with Gasteiger partial charge in [-0.1, -0.05) is 24.3 Å². The first-order valence-electron chi connectivity index (χ1n) is 3.73. The van der Waals surface area contributed by atoms with Crippen molar-refractivity contribution in [2.45, 2.75) is 0 Å². The average molecular weight is 164 g/mol. The monoisotopic (exact) mass is 164 g/mol. The quantitative estimate of drug-likeness (QED) is 0.523. The molecule has 0 aliphatic carbocycles. The normalized spacial score (nSPS) is 9.42. The SMILES string of the molecule is C=CCNN(O)c1ccccc1. The van der Waals surface area contributed by atoms with E-state index in [1.54, 1.807) is 18.2 Å². The largest absolute Gasteiger partial charge is 0.273 e. The second kappa shape index (κ2) is 4.54. The van der Waals surface area contributed by atoms with Gasteiger partial charge >= 0.3 is 0 Å². The lowest BCUT2D eigenvalue weighted by molar-refractivity contribution is 0.216. The van der Waals surface area contributed by atoms with Crippen LogP contribution in [0.2, 0.25) is 0 Å². The third-order valence-corrected chi connectivity index (χ3v) is 1.39. The van der Waals surface area contributed by atoms with Crippen LogP contribution in [0.5, 0.6) is 0 Å². The molecule has 3 nitrogen and oxygen atoms in total. The van der Waals surface area contributed by atoms with Crippen molar-refractivity contribution in [3.05, 3.63) is 43.0 Å². The molecule has 0 spiro atoms. The Kier molecular flexibility index (Phi) is 3.32. The van der Waals surface area contributed by atoms with Crippen LogP contribution in [0.4, 0.5) is 5.69 Å². The third-order valence-electron chi connectivity index (χ3n) is 1.39. The van der Waals surface area contributed by atoms with Crippen molar-refractivity contribution in [2.75, 3.05) is 11.7 Å². The Morgan fingerprint density at radius 3 is 2.67 bits per heavy atom. The number of hydrazine groups is 1. The van der Waals surface area contributed by atoms with Gasteiger partial charge < -0.3 is 0 Å². The van der Waals surface area contributed by atoms with Gasteiger partial charge in [-0.15, -0.1) is 6.58 Å². The van der Waals surface area contributed by atoms with Gasteiger partial charge in [0.15, 0.2) is 0 Å². The van der Waals surface area contributed by atoms with E-state index in [0.29, 0.717) is 12.2 Å². The van der Waals surface area contributed by atoms with E-state index in [1.807, 2.05) is 18.2 Å². The maximum Gasteiger partial charge on any atom is 0.0820 e. The summed E-state index contributed by atoms with van der Waals surface area (Å²) in [6.07, 6.45) is 1.67. The number of hydrogen-bond donors (Lipinski definition) is 2. The van der Waals surface area contributed by atoms with Gasteiger partial charge in [-0.3, -0.25) is 5.21 Å². The fraction of sp³-hybridized carbons (Fsp3) is 0.111. The number of benzene rings is 1. The predicted octanol–water partition coefficient (Wildman–Crippen LogP) is 1.57. The first-order valence-corrected chi connectivity index (χ1v) is 3.73. The molecular formula is C9H12N2O. The van der Waals surface area contributed by atoms with Gasteiger partial charge in [0.1, 0.15) is 0 Å². The Bertz CT molecular complexity index is 236. The van der Waals surface area contributed by atoms with Crippen molar-refractivity contribution in [3.8, 4) is 0 Å². The zero-order valence-corrected chi connectivity index (χ0v) is 6.77. The van der Waals surface area contributed by atoms with Crippen LogP contribution in [0, 0.1) is 0 Å². The zero-order chi connectivity index (χ0) is 8.81. The van der Waals surface area contributed by atoms with E-state index in [2.05, 4.69) is 12.0 Å². The highest BCUT2D eigenvalue weighted by molar-refractivity contribution is 5.41. The minimum Gasteiger partial charge on any atom is -0.273 e. The first kappa shape index (κ1) is 8.77. The van der Waals surface area contributed by atoms with Crippen LogP contribution in [0.1, 0.15) is 0 Å². The molecule has 64 valence electrons. The number of rotatable bonds is 4. The molecule has 0 bridgehead atoms. The topological polar surface area (TPSA) is 35.5 Å². The highest BCUT2D eigenvalue weighted by atomic mass is 16.5. The molecule has 0 heterocycles. The molecule has 0 radical (unpaired) electrons. The van der Waals surface area contributed by atoms with Crippen LogP contribution in [0.25, 0.3) is 0 Å². The second-order valence-electron chi connectivity index (χ2n) is 2.30. The predicted molar refractivity (Wildman–Crippen MR) is 48.9 cm³/mol. The summed E-state index contributed by atoms with van der Waals surface area (Å²) in [5.74, 6) is 0. The summed E-state index contributed by atoms with van der Waals surface area (Å²) in [5.41, 5.74) is 3.43. The van der Waals surface area contributed by atoms with E-state index in [0.717, 1.165) is 5.17 Å². The standard InChI is InChI=1S/C9H12N2O/c1-2-8-10-11(12)9-6-4-3-5-7-9/h2-7,10,12H,1,8H2. The summed E-state index contributed by atoms with van der Waals surface area (Å²) in [7, 11) is 0. The van der Waals surface area contributed by atoms with Crippen LogP contribution in [-0.4, -0.2) is 11.8 Å². The molecule has 0 saturated carbocycles. The van der Waals surface area contributed by atoms with Crippen molar-refractivity contribution < 1.29 is 5.21 Å². The first-order chi connectivity index (χ1) is 5.84. The molecule has 2 N–H and O–H groups in total. The summed E-state index contributed by atoms with van der Waals surface area (Å²) in [6.45, 7) is 4.06. The zero-order valence-electron chi connectivity index (χ0n) is 6.77. The lowest BCUT2D eigenvalue weighted by atomic mass is 10.3.